The van der Waals surface area contributed by atoms with E-state index in [-0.39, 0.29) is 36.3 Å². The molecule has 21 heavy (non-hydrogen) atoms. The van der Waals surface area contributed by atoms with Crippen molar-refractivity contribution in [1.29, 1.82) is 0 Å². The van der Waals surface area contributed by atoms with Crippen molar-refractivity contribution < 1.29 is 13.5 Å². The molecule has 0 amide bonds. The Labute approximate surface area is 140 Å². The Bertz CT molecular complexity index is 503. The number of hydrogen-bond acceptors (Lipinski definition) is 2. The predicted molar refractivity (Wildman–Crippen MR) is 90.1 cm³/mol. The fraction of sp³-hybridized carbons (Fsp3) is 0.357. The smallest absolute Gasteiger partial charge is 0.192 e. The van der Waals surface area contributed by atoms with Gasteiger partial charge in [0.15, 0.2) is 17.6 Å². The number of terminal acetylenes is 1. The molecule has 0 aliphatic heterocycles. The molecule has 116 valence electrons. The number of aliphatic imine (C=N–C) groups is 1. The third-order valence-corrected chi connectivity index (χ3v) is 2.22. The zero-order chi connectivity index (χ0) is 14.8. The van der Waals surface area contributed by atoms with Crippen LogP contribution < -0.4 is 15.4 Å². The van der Waals surface area contributed by atoms with E-state index in [0.717, 1.165) is 12.1 Å². The van der Waals surface area contributed by atoms with Crippen LogP contribution in [0.5, 0.6) is 5.75 Å². The van der Waals surface area contributed by atoms with Gasteiger partial charge in [-0.15, -0.1) is 30.4 Å². The zero-order valence-corrected chi connectivity index (χ0v) is 14.0. The summed E-state index contributed by atoms with van der Waals surface area (Å²) in [5.41, 5.74) is 0. The van der Waals surface area contributed by atoms with E-state index in [1.807, 2.05) is 6.92 Å². The monoisotopic (exact) mass is 409 g/mol. The number of ether oxygens (including phenoxy) is 1. The Morgan fingerprint density at radius 2 is 2.10 bits per heavy atom. The Morgan fingerprint density at radius 1 is 1.33 bits per heavy atom. The normalized spacial score (nSPS) is 10.3. The molecular weight excluding hydrogens is 391 g/mol. The van der Waals surface area contributed by atoms with Crippen molar-refractivity contribution in [3.63, 3.8) is 0 Å². The van der Waals surface area contributed by atoms with E-state index in [0.29, 0.717) is 25.6 Å². The van der Waals surface area contributed by atoms with Crippen molar-refractivity contribution in [2.75, 3.05) is 26.2 Å². The van der Waals surface area contributed by atoms with Crippen LogP contribution in [-0.2, 0) is 0 Å². The van der Waals surface area contributed by atoms with Gasteiger partial charge < -0.3 is 15.4 Å². The quantitative estimate of drug-likeness (QED) is 0.249. The van der Waals surface area contributed by atoms with Crippen molar-refractivity contribution in [3.05, 3.63) is 29.8 Å². The van der Waals surface area contributed by atoms with Crippen LogP contribution in [0.25, 0.3) is 0 Å². The maximum absolute atomic E-state index is 12.9. The van der Waals surface area contributed by atoms with E-state index in [9.17, 15) is 8.78 Å². The molecule has 0 aliphatic carbocycles. The van der Waals surface area contributed by atoms with Crippen molar-refractivity contribution in [1.82, 2.24) is 10.6 Å². The van der Waals surface area contributed by atoms with Crippen LogP contribution in [0, 0.1) is 24.0 Å². The molecular formula is C14H18F2IN3O. The van der Waals surface area contributed by atoms with E-state index in [2.05, 4.69) is 21.5 Å². The van der Waals surface area contributed by atoms with Gasteiger partial charge in [-0.3, -0.25) is 0 Å². The largest absolute Gasteiger partial charge is 0.492 e. The van der Waals surface area contributed by atoms with Gasteiger partial charge in [0, 0.05) is 12.6 Å². The van der Waals surface area contributed by atoms with Crippen LogP contribution in [0.4, 0.5) is 8.78 Å². The van der Waals surface area contributed by atoms with Gasteiger partial charge in [0.2, 0.25) is 0 Å². The molecule has 0 heterocycles. The maximum Gasteiger partial charge on any atom is 0.192 e. The first-order valence-electron chi connectivity index (χ1n) is 6.21. The molecule has 1 aromatic rings. The van der Waals surface area contributed by atoms with Gasteiger partial charge in [0.05, 0.1) is 13.1 Å². The Hall–Kier alpha value is -1.56. The molecule has 0 radical (unpaired) electrons. The molecule has 0 fully saturated rings. The highest BCUT2D eigenvalue weighted by atomic mass is 127. The summed E-state index contributed by atoms with van der Waals surface area (Å²) in [6.45, 7) is 3.62. The predicted octanol–water partition coefficient (Wildman–Crippen LogP) is 2.15. The Morgan fingerprint density at radius 3 is 2.71 bits per heavy atom. The molecule has 0 bridgehead atoms. The van der Waals surface area contributed by atoms with E-state index < -0.39 is 11.6 Å². The second kappa shape index (κ2) is 11.1. The minimum Gasteiger partial charge on any atom is -0.492 e. The molecule has 0 aliphatic rings. The van der Waals surface area contributed by atoms with Gasteiger partial charge in [-0.2, -0.15) is 0 Å². The first kappa shape index (κ1) is 19.4. The van der Waals surface area contributed by atoms with Gasteiger partial charge in [0.25, 0.3) is 0 Å². The lowest BCUT2D eigenvalue weighted by molar-refractivity contribution is 0.325. The Kier molecular flexibility index (Phi) is 10.3. The van der Waals surface area contributed by atoms with Gasteiger partial charge in [-0.1, -0.05) is 5.92 Å². The number of rotatable bonds is 6. The minimum absolute atomic E-state index is 0. The van der Waals surface area contributed by atoms with Crippen molar-refractivity contribution >= 4 is 29.9 Å². The van der Waals surface area contributed by atoms with E-state index in [1.165, 1.54) is 6.07 Å². The number of guanidine groups is 1. The number of hydrogen-bond donors (Lipinski definition) is 2. The fourth-order valence-corrected chi connectivity index (χ4v) is 1.36. The summed E-state index contributed by atoms with van der Waals surface area (Å²) in [6.07, 6.45) is 5.14. The second-order valence-corrected chi connectivity index (χ2v) is 3.74. The summed E-state index contributed by atoms with van der Waals surface area (Å²) in [6, 6.07) is 3.39. The molecule has 0 atom stereocenters. The second-order valence-electron chi connectivity index (χ2n) is 3.74. The SMILES string of the molecule is C#CCNC(=NCCOc1ccc(F)c(F)c1)NCC.I. The van der Waals surface area contributed by atoms with Crippen molar-refractivity contribution in [2.24, 2.45) is 4.99 Å². The van der Waals surface area contributed by atoms with Crippen LogP contribution in [0.2, 0.25) is 0 Å². The van der Waals surface area contributed by atoms with Crippen LogP contribution in [-0.4, -0.2) is 32.2 Å². The number of nitrogens with zero attached hydrogens (tertiary/aromatic N) is 1. The average Bonchev–Trinajstić information content (AvgIpc) is 2.44. The molecule has 0 saturated heterocycles. The summed E-state index contributed by atoms with van der Waals surface area (Å²) in [5.74, 6) is 1.46. The third kappa shape index (κ3) is 7.70. The topological polar surface area (TPSA) is 45.7 Å². The zero-order valence-electron chi connectivity index (χ0n) is 11.7. The minimum atomic E-state index is -0.935. The van der Waals surface area contributed by atoms with E-state index in [4.69, 9.17) is 11.2 Å². The highest BCUT2D eigenvalue weighted by Crippen LogP contribution is 2.14. The molecule has 0 saturated carbocycles. The lowest BCUT2D eigenvalue weighted by Crippen LogP contribution is -2.37. The highest BCUT2D eigenvalue weighted by Gasteiger charge is 2.02. The van der Waals surface area contributed by atoms with Gasteiger partial charge in [-0.25, -0.2) is 13.8 Å². The number of halogens is 3. The first-order valence-corrected chi connectivity index (χ1v) is 6.21. The standard InChI is InChI=1S/C14H17F2N3O.HI/c1-3-7-18-14(17-4-2)19-8-9-20-11-5-6-12(15)13(16)10-11;/h1,5-6,10H,4,7-9H2,2H3,(H2,17,18,19);1H. The summed E-state index contributed by atoms with van der Waals surface area (Å²) in [7, 11) is 0. The Balaban J connectivity index is 0.00000400. The van der Waals surface area contributed by atoms with Gasteiger partial charge in [-0.05, 0) is 19.1 Å². The lowest BCUT2D eigenvalue weighted by Gasteiger charge is -2.09. The highest BCUT2D eigenvalue weighted by molar-refractivity contribution is 14.0. The molecule has 7 heteroatoms. The van der Waals surface area contributed by atoms with Crippen LogP contribution >= 0.6 is 24.0 Å². The van der Waals surface area contributed by atoms with Gasteiger partial charge >= 0.3 is 0 Å². The molecule has 0 spiro atoms. The van der Waals surface area contributed by atoms with E-state index in [1.54, 1.807) is 0 Å². The molecule has 4 nitrogen and oxygen atoms in total. The summed E-state index contributed by atoms with van der Waals surface area (Å²) >= 11 is 0. The molecule has 1 rings (SSSR count). The lowest BCUT2D eigenvalue weighted by atomic mass is 10.3. The average molecular weight is 409 g/mol. The molecule has 2 N–H and O–H groups in total. The molecule has 1 aromatic carbocycles. The van der Waals surface area contributed by atoms with Crippen molar-refractivity contribution in [2.45, 2.75) is 6.92 Å². The number of nitrogens with one attached hydrogen (secondary N) is 2. The van der Waals surface area contributed by atoms with Crippen LogP contribution in [0.15, 0.2) is 23.2 Å². The maximum atomic E-state index is 12.9. The summed E-state index contributed by atoms with van der Waals surface area (Å²) in [4.78, 5) is 4.21. The van der Waals surface area contributed by atoms with Crippen LogP contribution in [0.3, 0.4) is 0 Å². The fourth-order valence-electron chi connectivity index (χ4n) is 1.36. The van der Waals surface area contributed by atoms with E-state index >= 15 is 0 Å². The number of benzene rings is 1. The molecule has 0 aromatic heterocycles. The molecule has 0 unspecified atom stereocenters. The van der Waals surface area contributed by atoms with Gasteiger partial charge in [0.1, 0.15) is 12.4 Å². The van der Waals surface area contributed by atoms with Crippen LogP contribution in [0.1, 0.15) is 6.92 Å². The summed E-state index contributed by atoms with van der Waals surface area (Å²) < 4.78 is 30.9. The van der Waals surface area contributed by atoms with Crippen molar-refractivity contribution in [3.8, 4) is 18.1 Å². The summed E-state index contributed by atoms with van der Waals surface area (Å²) in [5, 5.41) is 5.93. The third-order valence-electron chi connectivity index (χ3n) is 2.22. The first-order chi connectivity index (χ1) is 9.67.